The molecular formula is C17H18NO2PS. The van der Waals surface area contributed by atoms with E-state index in [1.54, 1.807) is 7.11 Å². The number of ether oxygens (including phenoxy) is 1. The van der Waals surface area contributed by atoms with E-state index < -0.39 is 6.42 Å². The maximum Gasteiger partial charge on any atom is 0.207 e. The van der Waals surface area contributed by atoms with Crippen LogP contribution in [-0.2, 0) is 16.3 Å². The molecule has 114 valence electrons. The first kappa shape index (κ1) is 15.3. The van der Waals surface area contributed by atoms with Crippen LogP contribution in [0.15, 0.2) is 60.4 Å². The minimum absolute atomic E-state index is 0.721. The van der Waals surface area contributed by atoms with Gasteiger partial charge in [0, 0.05) is 17.4 Å². The topological polar surface area (TPSA) is 30.5 Å². The largest absolute Gasteiger partial charge is 0.497 e. The van der Waals surface area contributed by atoms with Gasteiger partial charge in [-0.15, -0.1) is 0 Å². The smallest absolute Gasteiger partial charge is 0.207 e. The molecule has 1 N–H and O–H groups in total. The second-order valence-corrected chi connectivity index (χ2v) is 8.74. The maximum atomic E-state index is 6.15. The van der Waals surface area contributed by atoms with E-state index in [4.69, 9.17) is 21.1 Å². The number of benzene rings is 2. The molecule has 0 radical (unpaired) electrons. The number of rotatable bonds is 3. The highest BCUT2D eigenvalue weighted by molar-refractivity contribution is 8.15. The predicted octanol–water partition coefficient (Wildman–Crippen LogP) is 3.68. The molecular weight excluding hydrogens is 313 g/mol. The highest BCUT2D eigenvalue weighted by Gasteiger charge is 2.28. The van der Waals surface area contributed by atoms with Gasteiger partial charge in [0.2, 0.25) is 6.42 Å². The van der Waals surface area contributed by atoms with Gasteiger partial charge in [0.15, 0.2) is 0 Å². The van der Waals surface area contributed by atoms with Crippen LogP contribution in [0.25, 0.3) is 5.57 Å². The molecule has 1 aliphatic heterocycles. The fourth-order valence-corrected chi connectivity index (χ4v) is 5.11. The molecule has 0 saturated heterocycles. The van der Waals surface area contributed by atoms with Crippen LogP contribution < -0.4 is 15.1 Å². The van der Waals surface area contributed by atoms with E-state index in [1.807, 2.05) is 49.4 Å². The minimum atomic E-state index is -2.24. The lowest BCUT2D eigenvalue weighted by molar-refractivity contribution is 0.415. The molecule has 1 atom stereocenters. The highest BCUT2D eigenvalue weighted by Crippen LogP contribution is 2.48. The van der Waals surface area contributed by atoms with Crippen LogP contribution in [0, 0.1) is 0 Å². The van der Waals surface area contributed by atoms with Crippen molar-refractivity contribution in [2.45, 2.75) is 6.92 Å². The zero-order valence-corrected chi connectivity index (χ0v) is 14.3. The van der Waals surface area contributed by atoms with E-state index in [1.165, 1.54) is 5.56 Å². The molecule has 1 unspecified atom stereocenters. The summed E-state index contributed by atoms with van der Waals surface area (Å²) in [5, 5.41) is 4.44. The third kappa shape index (κ3) is 2.95. The summed E-state index contributed by atoms with van der Waals surface area (Å²) in [7, 11) is 1.65. The Labute approximate surface area is 136 Å². The van der Waals surface area contributed by atoms with Crippen molar-refractivity contribution in [2.75, 3.05) is 13.7 Å². The SMILES string of the molecule is COc1ccc(P2(=S)NCC(c3ccccc3)=C(C)O2)cc1. The Morgan fingerprint density at radius 1 is 1.09 bits per heavy atom. The van der Waals surface area contributed by atoms with Crippen LogP contribution in [0.3, 0.4) is 0 Å². The van der Waals surface area contributed by atoms with Crippen molar-refractivity contribution in [2.24, 2.45) is 0 Å². The fraction of sp³-hybridized carbons (Fsp3) is 0.176. The highest BCUT2D eigenvalue weighted by atomic mass is 32.4. The van der Waals surface area contributed by atoms with Crippen molar-refractivity contribution in [3.05, 3.63) is 65.9 Å². The van der Waals surface area contributed by atoms with Gasteiger partial charge in [0.25, 0.3) is 0 Å². The van der Waals surface area contributed by atoms with E-state index in [-0.39, 0.29) is 0 Å². The lowest BCUT2D eigenvalue weighted by Crippen LogP contribution is -2.27. The average Bonchev–Trinajstić information content (AvgIpc) is 2.56. The van der Waals surface area contributed by atoms with Crippen molar-refractivity contribution in [3.8, 4) is 5.75 Å². The molecule has 0 aliphatic carbocycles. The summed E-state index contributed by atoms with van der Waals surface area (Å²) in [5.41, 5.74) is 2.33. The molecule has 22 heavy (non-hydrogen) atoms. The Morgan fingerprint density at radius 3 is 2.36 bits per heavy atom. The summed E-state index contributed by atoms with van der Waals surface area (Å²) in [5.74, 6) is 1.73. The van der Waals surface area contributed by atoms with E-state index in [2.05, 4.69) is 17.2 Å². The molecule has 0 saturated carbocycles. The van der Waals surface area contributed by atoms with Gasteiger partial charge in [-0.1, -0.05) is 30.3 Å². The Bertz CT molecular complexity index is 741. The Balaban J connectivity index is 1.90. The second-order valence-electron chi connectivity index (χ2n) is 5.08. The van der Waals surface area contributed by atoms with Gasteiger partial charge in [-0.05, 0) is 48.6 Å². The molecule has 0 bridgehead atoms. The molecule has 1 aliphatic rings. The van der Waals surface area contributed by atoms with Crippen LogP contribution in [0.5, 0.6) is 5.75 Å². The number of methoxy groups -OCH3 is 1. The number of hydrogen-bond donors (Lipinski definition) is 1. The zero-order valence-electron chi connectivity index (χ0n) is 12.6. The Hall–Kier alpha value is -1.61. The van der Waals surface area contributed by atoms with Gasteiger partial charge in [-0.2, -0.15) is 0 Å². The van der Waals surface area contributed by atoms with E-state index in [0.717, 1.165) is 28.9 Å². The standard InChI is InChI=1S/C17H18NO2PS/c1-13-17(14-6-4-3-5-7-14)12-18-21(22,20-13)16-10-8-15(19-2)9-11-16/h3-11H,12H2,1-2H3,(H,18,22). The van der Waals surface area contributed by atoms with Gasteiger partial charge in [0.05, 0.1) is 7.11 Å². The third-order valence-electron chi connectivity index (χ3n) is 3.69. The molecule has 0 amide bonds. The summed E-state index contributed by atoms with van der Waals surface area (Å²) in [6.07, 6.45) is -2.24. The average molecular weight is 331 g/mol. The lowest BCUT2D eigenvalue weighted by Gasteiger charge is -2.31. The van der Waals surface area contributed by atoms with Crippen molar-refractivity contribution >= 4 is 29.1 Å². The van der Waals surface area contributed by atoms with Gasteiger partial charge >= 0.3 is 0 Å². The summed E-state index contributed by atoms with van der Waals surface area (Å²) in [6.45, 7) is 2.72. The van der Waals surface area contributed by atoms with E-state index in [9.17, 15) is 0 Å². The Kier molecular flexibility index (Phi) is 4.34. The van der Waals surface area contributed by atoms with Gasteiger partial charge in [0.1, 0.15) is 11.5 Å². The van der Waals surface area contributed by atoms with Crippen LogP contribution in [0.2, 0.25) is 0 Å². The summed E-state index contributed by atoms with van der Waals surface area (Å²) in [4.78, 5) is 0. The van der Waals surface area contributed by atoms with Crippen molar-refractivity contribution in [1.82, 2.24) is 5.09 Å². The van der Waals surface area contributed by atoms with E-state index >= 15 is 0 Å². The normalized spacial score (nSPS) is 21.4. The van der Waals surface area contributed by atoms with Crippen molar-refractivity contribution in [3.63, 3.8) is 0 Å². The molecule has 0 aromatic heterocycles. The molecule has 0 spiro atoms. The van der Waals surface area contributed by atoms with Gasteiger partial charge in [-0.25, -0.2) is 0 Å². The molecule has 1 heterocycles. The minimum Gasteiger partial charge on any atom is -0.497 e. The summed E-state index contributed by atoms with van der Waals surface area (Å²) in [6, 6.07) is 18.0. The lowest BCUT2D eigenvalue weighted by atomic mass is 10.1. The summed E-state index contributed by atoms with van der Waals surface area (Å²) < 4.78 is 11.3. The molecule has 2 aromatic rings. The summed E-state index contributed by atoms with van der Waals surface area (Å²) >= 11 is 5.78. The first-order valence-corrected chi connectivity index (χ1v) is 9.79. The zero-order chi connectivity index (χ0) is 15.6. The predicted molar refractivity (Wildman–Crippen MR) is 95.0 cm³/mol. The van der Waals surface area contributed by atoms with Crippen LogP contribution in [0.1, 0.15) is 12.5 Å². The Morgan fingerprint density at radius 2 is 1.77 bits per heavy atom. The quantitative estimate of drug-likeness (QED) is 0.869. The van der Waals surface area contributed by atoms with Crippen LogP contribution in [-0.4, -0.2) is 13.7 Å². The molecule has 0 fully saturated rings. The number of nitrogens with one attached hydrogen (secondary N) is 1. The molecule has 5 heteroatoms. The molecule has 3 nitrogen and oxygen atoms in total. The number of hydrogen-bond acceptors (Lipinski definition) is 3. The number of allylic oxidation sites excluding steroid dienone is 1. The van der Waals surface area contributed by atoms with Crippen LogP contribution in [0.4, 0.5) is 0 Å². The third-order valence-corrected chi connectivity index (χ3v) is 7.02. The van der Waals surface area contributed by atoms with Crippen molar-refractivity contribution < 1.29 is 9.26 Å². The second kappa shape index (κ2) is 6.25. The first-order valence-electron chi connectivity index (χ1n) is 7.07. The fourth-order valence-electron chi connectivity index (χ4n) is 2.45. The van der Waals surface area contributed by atoms with Crippen molar-refractivity contribution in [1.29, 1.82) is 0 Å². The monoisotopic (exact) mass is 331 g/mol. The maximum absolute atomic E-state index is 6.15. The first-order chi connectivity index (χ1) is 10.6. The molecule has 2 aromatic carbocycles. The van der Waals surface area contributed by atoms with Crippen LogP contribution >= 0.6 is 6.42 Å². The van der Waals surface area contributed by atoms with Gasteiger partial charge in [-0.3, -0.25) is 5.09 Å². The molecule has 3 rings (SSSR count). The van der Waals surface area contributed by atoms with E-state index in [0.29, 0.717) is 0 Å². The van der Waals surface area contributed by atoms with Gasteiger partial charge < -0.3 is 9.26 Å².